The lowest BCUT2D eigenvalue weighted by atomic mass is 9.85. The van der Waals surface area contributed by atoms with E-state index >= 15 is 0 Å². The molecule has 0 radical (unpaired) electrons. The van der Waals surface area contributed by atoms with Crippen molar-refractivity contribution in [3.05, 3.63) is 81.4 Å². The van der Waals surface area contributed by atoms with Gasteiger partial charge in [0.05, 0.1) is 17.8 Å². The molecule has 1 aliphatic rings. The average molecular weight is 446 g/mol. The van der Waals surface area contributed by atoms with E-state index in [2.05, 4.69) is 78.6 Å². The molecule has 6 nitrogen and oxygen atoms in total. The third-order valence-electron chi connectivity index (χ3n) is 6.73. The minimum absolute atomic E-state index is 0.139. The number of thiophene rings is 1. The Balaban J connectivity index is 1.84. The van der Waals surface area contributed by atoms with E-state index in [0.717, 1.165) is 39.9 Å². The fraction of sp³-hybridized carbons (Fsp3) is 0.360. The molecule has 1 aliphatic heterocycles. The molecule has 2 atom stereocenters. The molecule has 0 saturated carbocycles. The second-order valence-corrected chi connectivity index (χ2v) is 9.82. The number of hydrogen-bond donors (Lipinski definition) is 0. The highest BCUT2D eigenvalue weighted by Gasteiger charge is 2.45. The van der Waals surface area contributed by atoms with Crippen molar-refractivity contribution >= 4 is 17.0 Å². The van der Waals surface area contributed by atoms with E-state index in [4.69, 9.17) is 9.41 Å². The summed E-state index contributed by atoms with van der Waals surface area (Å²) in [4.78, 5) is 11.2. The molecule has 3 aromatic heterocycles. The van der Waals surface area contributed by atoms with Gasteiger partial charge in [0, 0.05) is 16.0 Å². The molecule has 2 unspecified atom stereocenters. The molecule has 0 bridgehead atoms. The van der Waals surface area contributed by atoms with Gasteiger partial charge < -0.3 is 4.42 Å². The van der Waals surface area contributed by atoms with Crippen molar-refractivity contribution in [1.82, 2.24) is 19.7 Å². The summed E-state index contributed by atoms with van der Waals surface area (Å²) in [6, 6.07) is 8.75. The first kappa shape index (κ1) is 20.8. The summed E-state index contributed by atoms with van der Waals surface area (Å²) in [6.45, 7) is 12.7. The van der Waals surface area contributed by atoms with E-state index < -0.39 is 5.54 Å². The van der Waals surface area contributed by atoms with Gasteiger partial charge in [0.2, 0.25) is 0 Å². The Bertz CT molecular complexity index is 1310. The molecule has 32 heavy (non-hydrogen) atoms. The standard InChI is InChI=1S/C25H27N5OS/c1-7-18-8-10-19(11-9-18)21-20-14(2)16(4)32-23(20)30-17(5)28-29-24(30)25(6,27-21)15(3)22-26-12-13-31-22/h8-13,15H,7H2,1-6H3. The molecule has 5 rings (SSSR count). The Labute approximate surface area is 192 Å². The van der Waals surface area contributed by atoms with Gasteiger partial charge in [-0.15, -0.1) is 21.5 Å². The summed E-state index contributed by atoms with van der Waals surface area (Å²) < 4.78 is 7.89. The lowest BCUT2D eigenvalue weighted by Gasteiger charge is -2.29. The van der Waals surface area contributed by atoms with Crippen molar-refractivity contribution in [2.24, 2.45) is 4.99 Å². The number of hydrogen-bond acceptors (Lipinski definition) is 6. The normalized spacial score (nSPS) is 18.6. The number of nitrogens with zero attached hydrogens (tertiary/aromatic N) is 5. The maximum atomic E-state index is 5.71. The van der Waals surface area contributed by atoms with E-state index in [1.807, 2.05) is 6.92 Å². The van der Waals surface area contributed by atoms with Gasteiger partial charge in [-0.05, 0) is 45.2 Å². The van der Waals surface area contributed by atoms with Crippen molar-refractivity contribution in [1.29, 1.82) is 0 Å². The van der Waals surface area contributed by atoms with Crippen LogP contribution < -0.4 is 0 Å². The fourth-order valence-electron chi connectivity index (χ4n) is 4.40. The molecule has 1 aromatic carbocycles. The first-order valence-electron chi connectivity index (χ1n) is 11.0. The van der Waals surface area contributed by atoms with Crippen molar-refractivity contribution in [2.75, 3.05) is 0 Å². The van der Waals surface area contributed by atoms with Gasteiger partial charge in [-0.3, -0.25) is 9.56 Å². The van der Waals surface area contributed by atoms with Gasteiger partial charge in [-0.1, -0.05) is 38.1 Å². The lowest BCUT2D eigenvalue weighted by Crippen LogP contribution is -2.31. The third-order valence-corrected chi connectivity index (χ3v) is 7.92. The smallest absolute Gasteiger partial charge is 0.199 e. The summed E-state index contributed by atoms with van der Waals surface area (Å²) in [5.74, 6) is 2.16. The SMILES string of the molecule is CCc1ccc(C2=NC(C)(C(C)c3ncco3)c3nnc(C)n3-c3sc(C)c(C)c32)cc1. The van der Waals surface area contributed by atoms with Gasteiger partial charge in [0.15, 0.2) is 11.7 Å². The maximum Gasteiger partial charge on any atom is 0.199 e. The topological polar surface area (TPSA) is 69.1 Å². The summed E-state index contributed by atoms with van der Waals surface area (Å²) in [5.41, 5.74) is 5.08. The lowest BCUT2D eigenvalue weighted by molar-refractivity contribution is 0.325. The van der Waals surface area contributed by atoms with Crippen LogP contribution in [0.2, 0.25) is 0 Å². The Morgan fingerprint density at radius 3 is 2.53 bits per heavy atom. The highest BCUT2D eigenvalue weighted by Crippen LogP contribution is 2.46. The zero-order valence-corrected chi connectivity index (χ0v) is 20.1. The minimum atomic E-state index is -0.718. The number of aryl methyl sites for hydroxylation is 3. The molecule has 4 aromatic rings. The average Bonchev–Trinajstić information content (AvgIpc) is 3.51. The van der Waals surface area contributed by atoms with Crippen LogP contribution in [0, 0.1) is 20.8 Å². The number of benzene rings is 1. The van der Waals surface area contributed by atoms with Crippen LogP contribution in [0.4, 0.5) is 0 Å². The number of aliphatic imine (C=N–C) groups is 1. The predicted octanol–water partition coefficient (Wildman–Crippen LogP) is 5.67. The van der Waals surface area contributed by atoms with Crippen molar-refractivity contribution in [3.63, 3.8) is 0 Å². The summed E-state index contributed by atoms with van der Waals surface area (Å²) in [6.07, 6.45) is 4.30. The van der Waals surface area contributed by atoms with Gasteiger partial charge >= 0.3 is 0 Å². The molecule has 7 heteroatoms. The molecule has 0 saturated heterocycles. The second kappa shape index (κ2) is 7.52. The predicted molar refractivity (Wildman–Crippen MR) is 127 cm³/mol. The van der Waals surface area contributed by atoms with Gasteiger partial charge in [-0.25, -0.2) is 4.98 Å². The van der Waals surface area contributed by atoms with Crippen LogP contribution >= 0.6 is 11.3 Å². The zero-order chi connectivity index (χ0) is 22.6. The number of rotatable bonds is 4. The summed E-state index contributed by atoms with van der Waals surface area (Å²) >= 11 is 1.77. The van der Waals surface area contributed by atoms with Crippen LogP contribution in [0.15, 0.2) is 46.1 Å². The molecule has 0 aliphatic carbocycles. The van der Waals surface area contributed by atoms with E-state index in [1.165, 1.54) is 16.0 Å². The Hall–Kier alpha value is -3.06. The number of fused-ring (bicyclic) bond motifs is 3. The Kier molecular flexibility index (Phi) is 4.89. The van der Waals surface area contributed by atoms with Crippen LogP contribution in [0.25, 0.3) is 5.00 Å². The minimum Gasteiger partial charge on any atom is -0.449 e. The number of aromatic nitrogens is 4. The van der Waals surface area contributed by atoms with Crippen LogP contribution in [0.5, 0.6) is 0 Å². The molecule has 0 N–H and O–H groups in total. The van der Waals surface area contributed by atoms with Crippen molar-refractivity contribution < 1.29 is 4.42 Å². The van der Waals surface area contributed by atoms with Crippen LogP contribution in [-0.2, 0) is 12.0 Å². The van der Waals surface area contributed by atoms with Crippen molar-refractivity contribution in [3.8, 4) is 5.00 Å². The number of oxazole rings is 1. The van der Waals surface area contributed by atoms with Crippen LogP contribution in [0.3, 0.4) is 0 Å². The van der Waals surface area contributed by atoms with E-state index in [1.54, 1.807) is 23.8 Å². The molecule has 164 valence electrons. The second-order valence-electron chi connectivity index (χ2n) is 8.62. The van der Waals surface area contributed by atoms with Gasteiger partial charge in [0.25, 0.3) is 0 Å². The largest absolute Gasteiger partial charge is 0.449 e. The molecular weight excluding hydrogens is 418 g/mol. The zero-order valence-electron chi connectivity index (χ0n) is 19.3. The highest BCUT2D eigenvalue weighted by molar-refractivity contribution is 7.15. The van der Waals surface area contributed by atoms with E-state index in [9.17, 15) is 0 Å². The Morgan fingerprint density at radius 2 is 1.88 bits per heavy atom. The Morgan fingerprint density at radius 1 is 1.12 bits per heavy atom. The molecular formula is C25H27N5OS. The monoisotopic (exact) mass is 445 g/mol. The third kappa shape index (κ3) is 2.98. The quantitative estimate of drug-likeness (QED) is 0.406. The molecule has 0 spiro atoms. The highest BCUT2D eigenvalue weighted by atomic mass is 32.1. The molecule has 0 fully saturated rings. The summed E-state index contributed by atoms with van der Waals surface area (Å²) in [7, 11) is 0. The molecule has 0 amide bonds. The summed E-state index contributed by atoms with van der Waals surface area (Å²) in [5, 5.41) is 10.2. The molecule has 4 heterocycles. The van der Waals surface area contributed by atoms with Gasteiger partial charge in [-0.2, -0.15) is 0 Å². The maximum absolute atomic E-state index is 5.71. The first-order chi connectivity index (χ1) is 15.3. The fourth-order valence-corrected chi connectivity index (χ4v) is 5.61. The van der Waals surface area contributed by atoms with Gasteiger partial charge in [0.1, 0.15) is 22.6 Å². The van der Waals surface area contributed by atoms with E-state index in [-0.39, 0.29) is 5.92 Å². The first-order valence-corrected chi connectivity index (χ1v) is 11.8. The van der Waals surface area contributed by atoms with Crippen molar-refractivity contribution in [2.45, 2.75) is 59.4 Å². The van der Waals surface area contributed by atoms with E-state index in [0.29, 0.717) is 5.89 Å². The van der Waals surface area contributed by atoms with Crippen LogP contribution in [0.1, 0.15) is 71.4 Å². The van der Waals surface area contributed by atoms with Crippen LogP contribution in [-0.4, -0.2) is 25.5 Å².